The SMILES string of the molecule is CC1=CC[C@@H]2C(=O)N(N(CC(=O)c3ccc([N+](=O)[O-])cc3)C(=O)c3ccc(Cl)cc3Cl)C(=O)[C@@H]2C1. The lowest BCUT2D eigenvalue weighted by Gasteiger charge is -2.30. The van der Waals surface area contributed by atoms with E-state index in [-0.39, 0.29) is 26.9 Å². The van der Waals surface area contributed by atoms with E-state index in [1.165, 1.54) is 30.3 Å². The molecule has 0 bridgehead atoms. The summed E-state index contributed by atoms with van der Waals surface area (Å²) in [5.41, 5.74) is 0.788. The Morgan fingerprint density at radius 3 is 2.37 bits per heavy atom. The molecular formula is C24H19Cl2N3O6. The number of halogens is 2. The third-order valence-electron chi connectivity index (χ3n) is 6.13. The highest BCUT2D eigenvalue weighted by Crippen LogP contribution is 2.39. The first-order valence-corrected chi connectivity index (χ1v) is 11.4. The van der Waals surface area contributed by atoms with Gasteiger partial charge in [0.15, 0.2) is 5.78 Å². The van der Waals surface area contributed by atoms with Gasteiger partial charge in [0.25, 0.3) is 23.4 Å². The molecule has 2 aromatic carbocycles. The number of non-ortho nitro benzene ring substituents is 1. The van der Waals surface area contributed by atoms with Gasteiger partial charge in [-0.2, -0.15) is 5.01 Å². The molecule has 9 nitrogen and oxygen atoms in total. The number of benzene rings is 2. The fourth-order valence-electron chi connectivity index (χ4n) is 4.29. The third-order valence-corrected chi connectivity index (χ3v) is 6.68. The van der Waals surface area contributed by atoms with Crippen LogP contribution in [0.15, 0.2) is 54.1 Å². The molecule has 1 aliphatic heterocycles. The Hall–Kier alpha value is -3.56. The zero-order chi connectivity index (χ0) is 25.4. The highest BCUT2D eigenvalue weighted by Gasteiger charge is 2.51. The van der Waals surface area contributed by atoms with Gasteiger partial charge in [-0.15, -0.1) is 0 Å². The molecule has 11 heteroatoms. The van der Waals surface area contributed by atoms with Gasteiger partial charge in [-0.1, -0.05) is 34.9 Å². The van der Waals surface area contributed by atoms with Gasteiger partial charge in [0, 0.05) is 22.7 Å². The van der Waals surface area contributed by atoms with Crippen molar-refractivity contribution in [2.45, 2.75) is 19.8 Å². The fourth-order valence-corrected chi connectivity index (χ4v) is 4.78. The number of nitro benzene ring substituents is 1. The Bertz CT molecular complexity index is 1290. The number of fused-ring (bicyclic) bond motifs is 1. The van der Waals surface area contributed by atoms with Crippen LogP contribution < -0.4 is 0 Å². The average Bonchev–Trinajstić information content (AvgIpc) is 3.06. The Balaban J connectivity index is 1.70. The Labute approximate surface area is 210 Å². The summed E-state index contributed by atoms with van der Waals surface area (Å²) in [7, 11) is 0. The maximum Gasteiger partial charge on any atom is 0.274 e. The lowest BCUT2D eigenvalue weighted by Crippen LogP contribution is -2.52. The van der Waals surface area contributed by atoms with Gasteiger partial charge >= 0.3 is 0 Å². The van der Waals surface area contributed by atoms with Gasteiger partial charge in [0.05, 0.1) is 27.3 Å². The van der Waals surface area contributed by atoms with Gasteiger partial charge < -0.3 is 0 Å². The standard InChI is InChI=1S/C24H19Cl2N3O6/c1-13-2-8-17-19(10-13)24(33)28(23(17)32)27(22(31)18-9-5-15(25)11-20(18)26)12-21(30)14-3-6-16(7-4-14)29(34)35/h2-7,9,11,17,19H,8,10,12H2,1H3/t17-,19+/m0/s1. The lowest BCUT2D eigenvalue weighted by molar-refractivity contribution is -0.384. The second-order valence-electron chi connectivity index (χ2n) is 8.41. The number of nitro groups is 1. The number of Topliss-reactive ketones (excluding diaryl/α,β-unsaturated/α-hetero) is 1. The minimum absolute atomic E-state index is 0.00990. The first-order valence-electron chi connectivity index (χ1n) is 10.7. The zero-order valence-electron chi connectivity index (χ0n) is 18.4. The normalized spacial score (nSPS) is 19.3. The molecule has 0 aromatic heterocycles. The predicted octanol–water partition coefficient (Wildman–Crippen LogP) is 4.48. The Morgan fingerprint density at radius 1 is 1.09 bits per heavy atom. The van der Waals surface area contributed by atoms with E-state index in [1.807, 2.05) is 13.0 Å². The second-order valence-corrected chi connectivity index (χ2v) is 9.25. The van der Waals surface area contributed by atoms with Crippen LogP contribution in [-0.2, 0) is 9.59 Å². The minimum atomic E-state index is -0.827. The molecular weight excluding hydrogens is 497 g/mol. The third kappa shape index (κ3) is 4.69. The van der Waals surface area contributed by atoms with Gasteiger partial charge in [0.2, 0.25) is 0 Å². The summed E-state index contributed by atoms with van der Waals surface area (Å²) in [5, 5.41) is 12.7. The second kappa shape index (κ2) is 9.59. The summed E-state index contributed by atoms with van der Waals surface area (Å²) in [5.74, 6) is -3.84. The summed E-state index contributed by atoms with van der Waals surface area (Å²) < 4.78 is 0. The average molecular weight is 516 g/mol. The molecule has 3 amide bonds. The molecule has 0 unspecified atom stereocenters. The van der Waals surface area contributed by atoms with E-state index in [2.05, 4.69) is 0 Å². The highest BCUT2D eigenvalue weighted by molar-refractivity contribution is 6.36. The summed E-state index contributed by atoms with van der Waals surface area (Å²) in [6.07, 6.45) is 2.63. The van der Waals surface area contributed by atoms with Crippen LogP contribution in [0.1, 0.15) is 40.5 Å². The van der Waals surface area contributed by atoms with Crippen molar-refractivity contribution in [1.82, 2.24) is 10.0 Å². The van der Waals surface area contributed by atoms with Crippen molar-refractivity contribution < 1.29 is 24.1 Å². The maximum absolute atomic E-state index is 13.5. The molecule has 2 aliphatic rings. The van der Waals surface area contributed by atoms with Crippen LogP contribution in [0.25, 0.3) is 0 Å². The van der Waals surface area contributed by atoms with Crippen molar-refractivity contribution in [2.24, 2.45) is 11.8 Å². The van der Waals surface area contributed by atoms with Crippen LogP contribution in [0.2, 0.25) is 10.0 Å². The van der Waals surface area contributed by atoms with Crippen LogP contribution in [-0.4, -0.2) is 45.0 Å². The van der Waals surface area contributed by atoms with E-state index in [4.69, 9.17) is 23.2 Å². The number of allylic oxidation sites excluding steroid dienone is 2. The fraction of sp³-hybridized carbons (Fsp3) is 0.250. The number of rotatable bonds is 6. The largest absolute Gasteiger partial charge is 0.292 e. The first-order chi connectivity index (χ1) is 16.6. The maximum atomic E-state index is 13.5. The highest BCUT2D eigenvalue weighted by atomic mass is 35.5. The Morgan fingerprint density at radius 2 is 1.74 bits per heavy atom. The summed E-state index contributed by atoms with van der Waals surface area (Å²) in [4.78, 5) is 63.5. The number of carbonyl (C=O) groups is 4. The van der Waals surface area contributed by atoms with Crippen molar-refractivity contribution in [2.75, 3.05) is 6.54 Å². The van der Waals surface area contributed by atoms with Crippen LogP contribution in [0, 0.1) is 22.0 Å². The molecule has 1 saturated heterocycles. The van der Waals surface area contributed by atoms with E-state index in [0.29, 0.717) is 12.8 Å². The smallest absolute Gasteiger partial charge is 0.274 e. The monoisotopic (exact) mass is 515 g/mol. The molecule has 35 heavy (non-hydrogen) atoms. The number of amides is 3. The topological polar surface area (TPSA) is 118 Å². The molecule has 0 N–H and O–H groups in total. The number of hydrogen-bond donors (Lipinski definition) is 0. The number of hydrogen-bond acceptors (Lipinski definition) is 6. The van der Waals surface area contributed by atoms with Crippen LogP contribution in [0.5, 0.6) is 0 Å². The predicted molar refractivity (Wildman–Crippen MR) is 127 cm³/mol. The van der Waals surface area contributed by atoms with Gasteiger partial charge in [0.1, 0.15) is 6.54 Å². The lowest BCUT2D eigenvalue weighted by atomic mass is 9.82. The summed E-state index contributed by atoms with van der Waals surface area (Å²) >= 11 is 12.1. The van der Waals surface area contributed by atoms with Crippen LogP contribution in [0.3, 0.4) is 0 Å². The number of carbonyl (C=O) groups excluding carboxylic acids is 4. The summed E-state index contributed by atoms with van der Waals surface area (Å²) in [6, 6.07) is 8.93. The first kappa shape index (κ1) is 24.6. The Kier molecular flexibility index (Phi) is 6.73. The molecule has 0 saturated carbocycles. The number of imide groups is 1. The van der Waals surface area contributed by atoms with Crippen molar-refractivity contribution >= 4 is 52.4 Å². The molecule has 2 aromatic rings. The molecule has 2 atom stereocenters. The van der Waals surface area contributed by atoms with Gasteiger partial charge in [-0.05, 0) is 50.1 Å². The summed E-state index contributed by atoms with van der Waals surface area (Å²) in [6.45, 7) is 1.21. The van der Waals surface area contributed by atoms with Crippen molar-refractivity contribution in [1.29, 1.82) is 0 Å². The minimum Gasteiger partial charge on any atom is -0.292 e. The van der Waals surface area contributed by atoms with E-state index < -0.39 is 46.8 Å². The number of nitrogens with zero attached hydrogens (tertiary/aromatic N) is 3. The molecule has 180 valence electrons. The number of ketones is 1. The van der Waals surface area contributed by atoms with E-state index in [9.17, 15) is 29.3 Å². The van der Waals surface area contributed by atoms with Crippen molar-refractivity contribution in [3.05, 3.63) is 85.4 Å². The van der Waals surface area contributed by atoms with Crippen LogP contribution >= 0.6 is 23.2 Å². The van der Waals surface area contributed by atoms with Crippen LogP contribution in [0.4, 0.5) is 5.69 Å². The quantitative estimate of drug-likeness (QED) is 0.184. The van der Waals surface area contributed by atoms with E-state index in [0.717, 1.165) is 27.7 Å². The van der Waals surface area contributed by atoms with Crippen molar-refractivity contribution in [3.63, 3.8) is 0 Å². The molecule has 1 aliphatic carbocycles. The molecule has 1 heterocycles. The van der Waals surface area contributed by atoms with E-state index in [1.54, 1.807) is 0 Å². The van der Waals surface area contributed by atoms with Crippen molar-refractivity contribution in [3.8, 4) is 0 Å². The molecule has 0 spiro atoms. The van der Waals surface area contributed by atoms with E-state index >= 15 is 0 Å². The molecule has 1 fully saturated rings. The molecule has 0 radical (unpaired) electrons. The van der Waals surface area contributed by atoms with Gasteiger partial charge in [-0.25, -0.2) is 5.01 Å². The zero-order valence-corrected chi connectivity index (χ0v) is 20.0. The molecule has 4 rings (SSSR count). The number of hydrazine groups is 1. The van der Waals surface area contributed by atoms with Gasteiger partial charge in [-0.3, -0.25) is 29.3 Å².